The maximum Gasteiger partial charge on any atom is 0.508 e. The largest absolute Gasteiger partial charge is 0.508 e. The van der Waals surface area contributed by atoms with Gasteiger partial charge in [-0.3, -0.25) is 20.2 Å². The Morgan fingerprint density at radius 1 is 0.542 bits per heavy atom. The van der Waals surface area contributed by atoms with Crippen LogP contribution in [0.5, 0.6) is 0 Å². The predicted octanol–water partition coefficient (Wildman–Crippen LogP) is 13.3. The average molecular weight is 983 g/mol. The van der Waals surface area contributed by atoms with Gasteiger partial charge in [0.15, 0.2) is 0 Å². The summed E-state index contributed by atoms with van der Waals surface area (Å²) in [5, 5.41) is 32.1. The van der Waals surface area contributed by atoms with Crippen LogP contribution in [0.3, 0.4) is 0 Å². The summed E-state index contributed by atoms with van der Waals surface area (Å²) < 4.78 is 26.6. The molecule has 16 heteroatoms. The number of nitro benzene ring substituents is 2. The molecule has 6 aromatic carbocycles. The van der Waals surface area contributed by atoms with Crippen molar-refractivity contribution in [3.8, 4) is 22.3 Å². The molecular weight excluding hydrogens is 925 g/mol. The Bertz CT molecular complexity index is 2890. The Kier molecular flexibility index (Phi) is 17.8. The minimum atomic E-state index is -1.26. The van der Waals surface area contributed by atoms with Crippen LogP contribution in [0.25, 0.3) is 22.3 Å². The van der Waals surface area contributed by atoms with Gasteiger partial charge in [-0.2, -0.15) is 0 Å². The first-order valence-electron chi connectivity index (χ1n) is 22.4. The van der Waals surface area contributed by atoms with Crippen LogP contribution in [0.1, 0.15) is 127 Å². The van der Waals surface area contributed by atoms with Crippen molar-refractivity contribution in [1.82, 2.24) is 0 Å². The molecule has 2 aliphatic rings. The number of carboxylic acid groups (broad SMARTS) is 1. The highest BCUT2D eigenvalue weighted by Gasteiger charge is 2.32. The number of carbonyl (C=O) groups excluding carboxylic acids is 3. The van der Waals surface area contributed by atoms with Gasteiger partial charge in [0.2, 0.25) is 0 Å². The van der Waals surface area contributed by atoms with Gasteiger partial charge < -0.3 is 28.8 Å². The van der Waals surface area contributed by atoms with E-state index in [2.05, 4.69) is 12.1 Å². The Morgan fingerprint density at radius 3 is 1.21 bits per heavy atom. The van der Waals surface area contributed by atoms with E-state index in [1.54, 1.807) is 34.6 Å². The molecule has 0 bridgehead atoms. The Balaban J connectivity index is 0.000000262. The average Bonchev–Trinajstić information content (AvgIpc) is 3.84. The van der Waals surface area contributed by atoms with Crippen LogP contribution in [0.2, 0.25) is 0 Å². The van der Waals surface area contributed by atoms with Crippen LogP contribution in [0.4, 0.5) is 21.0 Å². The number of fused-ring (bicyclic) bond motifs is 6. The first kappa shape index (κ1) is 54.5. The lowest BCUT2D eigenvalue weighted by atomic mass is 9.98. The summed E-state index contributed by atoms with van der Waals surface area (Å²) in [5.74, 6) is -3.15. The Labute approximate surface area is 417 Å². The number of carboxylic acids is 1. The molecule has 1 N–H and O–H groups in total. The van der Waals surface area contributed by atoms with E-state index in [0.717, 1.165) is 50.6 Å². The summed E-state index contributed by atoms with van der Waals surface area (Å²) in [6.45, 7) is 8.46. The number of hydrogen-bond acceptors (Lipinski definition) is 13. The first-order valence-corrected chi connectivity index (χ1v) is 22.4. The zero-order valence-corrected chi connectivity index (χ0v) is 39.0. The maximum atomic E-state index is 12.4. The third-order valence-electron chi connectivity index (χ3n) is 12.0. The summed E-state index contributed by atoms with van der Waals surface area (Å²) in [6, 6.07) is 39.8. The summed E-state index contributed by atoms with van der Waals surface area (Å²) in [5.41, 5.74) is 8.00. The third-order valence-corrected chi connectivity index (χ3v) is 12.0. The number of esters is 1. The second kappa shape index (κ2) is 23.5. The summed E-state index contributed by atoms with van der Waals surface area (Å²) in [7, 11) is 0. The van der Waals surface area contributed by atoms with E-state index in [1.807, 2.05) is 84.9 Å². The zero-order valence-electron chi connectivity index (χ0n) is 39.0. The van der Waals surface area contributed by atoms with Crippen molar-refractivity contribution in [2.45, 2.75) is 78.7 Å². The molecule has 0 saturated heterocycles. The first-order chi connectivity index (χ1) is 33.4. The van der Waals surface area contributed by atoms with Gasteiger partial charge in [-0.15, -0.1) is 0 Å². The standard InChI is InChI=1S/C29H29NO7.C25H21NO7.2CH4/c1-18(20-14-13-19(15-26(20)30(33)34)27(31)37-29(2,3)4)16-35-28(32)36-17-25-23-11-7-5-9-21(23)22-10-6-8-12-24(22)25;1-15(17-11-10-16(24(27)28)12-23(17)26(30)31)13-32-25(29)33-14-22-20-8-4-2-6-18(20)19-7-3-5-9-21(19)22;;/h5-15,18,25H,16-17H2,1-4H3;2-12,15,22H,13-14H2,1H3,(H,27,28);2*1H4. The lowest BCUT2D eigenvalue weighted by Crippen LogP contribution is -2.24. The van der Waals surface area contributed by atoms with Crippen LogP contribution in [-0.4, -0.2) is 71.2 Å². The fourth-order valence-electron chi connectivity index (χ4n) is 8.66. The van der Waals surface area contributed by atoms with E-state index in [-0.39, 0.29) is 81.2 Å². The van der Waals surface area contributed by atoms with Crippen molar-refractivity contribution in [2.24, 2.45) is 0 Å². The van der Waals surface area contributed by atoms with Crippen LogP contribution in [0, 0.1) is 20.2 Å². The molecule has 8 rings (SSSR count). The van der Waals surface area contributed by atoms with E-state index >= 15 is 0 Å². The molecule has 0 spiro atoms. The molecule has 2 aliphatic carbocycles. The van der Waals surface area contributed by atoms with Gasteiger partial charge in [-0.1, -0.05) is 138 Å². The van der Waals surface area contributed by atoms with E-state index in [0.29, 0.717) is 5.56 Å². The molecule has 0 aromatic heterocycles. The predicted molar refractivity (Wildman–Crippen MR) is 271 cm³/mol. The molecular formula is C56H58N2O14. The lowest BCUT2D eigenvalue weighted by molar-refractivity contribution is -0.385. The molecule has 0 amide bonds. The number of hydrogen-bond donors (Lipinski definition) is 1. The molecule has 0 saturated carbocycles. The van der Waals surface area contributed by atoms with Gasteiger partial charge in [0.25, 0.3) is 11.4 Å². The summed E-state index contributed by atoms with van der Waals surface area (Å²) >= 11 is 0. The summed E-state index contributed by atoms with van der Waals surface area (Å²) in [4.78, 5) is 70.0. The fraction of sp³-hybridized carbons (Fsp3) is 0.286. The molecule has 0 heterocycles. The van der Waals surface area contributed by atoms with Crippen LogP contribution in [-0.2, 0) is 23.7 Å². The molecule has 376 valence electrons. The third kappa shape index (κ3) is 12.5. The normalized spacial score (nSPS) is 12.8. The molecule has 2 atom stereocenters. The minimum absolute atomic E-state index is 0. The van der Waals surface area contributed by atoms with Gasteiger partial charge in [-0.25, -0.2) is 19.2 Å². The van der Waals surface area contributed by atoms with Crippen molar-refractivity contribution in [3.05, 3.63) is 198 Å². The smallest absolute Gasteiger partial charge is 0.478 e. The van der Waals surface area contributed by atoms with Gasteiger partial charge in [0, 0.05) is 46.9 Å². The number of nitrogens with zero attached hydrogens (tertiary/aromatic N) is 2. The fourth-order valence-corrected chi connectivity index (χ4v) is 8.66. The molecule has 2 unspecified atom stereocenters. The van der Waals surface area contributed by atoms with Crippen molar-refractivity contribution in [2.75, 3.05) is 26.4 Å². The van der Waals surface area contributed by atoms with E-state index in [4.69, 9.17) is 28.8 Å². The molecule has 6 aromatic rings. The number of benzene rings is 6. The molecule has 0 fully saturated rings. The quantitative estimate of drug-likeness (QED) is 0.0464. The molecule has 72 heavy (non-hydrogen) atoms. The second-order valence-electron chi connectivity index (χ2n) is 17.9. The Morgan fingerprint density at radius 2 is 0.875 bits per heavy atom. The summed E-state index contributed by atoms with van der Waals surface area (Å²) in [6.07, 6.45) is -1.71. The van der Waals surface area contributed by atoms with E-state index in [9.17, 15) is 39.4 Å². The second-order valence-corrected chi connectivity index (χ2v) is 17.9. The van der Waals surface area contributed by atoms with E-state index < -0.39 is 51.5 Å². The maximum absolute atomic E-state index is 12.4. The zero-order chi connectivity index (χ0) is 50.3. The van der Waals surface area contributed by atoms with Crippen molar-refractivity contribution >= 4 is 35.6 Å². The van der Waals surface area contributed by atoms with Crippen LogP contribution < -0.4 is 0 Å². The van der Waals surface area contributed by atoms with Gasteiger partial charge in [0.05, 0.1) is 21.0 Å². The van der Waals surface area contributed by atoms with Crippen LogP contribution >= 0.6 is 0 Å². The number of rotatable bonds is 14. The number of carbonyl (C=O) groups is 4. The van der Waals surface area contributed by atoms with Crippen LogP contribution in [0.15, 0.2) is 133 Å². The minimum Gasteiger partial charge on any atom is -0.478 e. The number of nitro groups is 2. The van der Waals surface area contributed by atoms with E-state index in [1.165, 1.54) is 30.3 Å². The topological polar surface area (TPSA) is 221 Å². The highest BCUT2D eigenvalue weighted by Crippen LogP contribution is 2.46. The van der Waals surface area contributed by atoms with Crippen molar-refractivity contribution in [1.29, 1.82) is 0 Å². The number of aromatic carboxylic acids is 1. The van der Waals surface area contributed by atoms with Gasteiger partial charge >= 0.3 is 24.2 Å². The Hall–Kier alpha value is -8.40. The SMILES string of the molecule is C.C.CC(COC(=O)OCC1c2ccccc2-c2ccccc21)c1ccc(C(=O)O)cc1[N+](=O)[O-].CC(COC(=O)OCC1c2ccccc2-c2ccccc21)c1ccc(C(=O)OC(C)(C)C)cc1[N+](=O)[O-]. The molecule has 16 nitrogen and oxygen atoms in total. The molecule has 0 aliphatic heterocycles. The van der Waals surface area contributed by atoms with Gasteiger partial charge in [-0.05, 0) is 77.4 Å². The highest BCUT2D eigenvalue weighted by molar-refractivity contribution is 5.91. The van der Waals surface area contributed by atoms with Gasteiger partial charge in [0.1, 0.15) is 32.0 Å². The monoisotopic (exact) mass is 982 g/mol. The van der Waals surface area contributed by atoms with Crippen molar-refractivity contribution < 1.29 is 57.8 Å². The highest BCUT2D eigenvalue weighted by atomic mass is 16.7. The number of ether oxygens (including phenoxy) is 5. The molecule has 0 radical (unpaired) electrons. The lowest BCUT2D eigenvalue weighted by Gasteiger charge is -2.20. The van der Waals surface area contributed by atoms with Crippen molar-refractivity contribution in [3.63, 3.8) is 0 Å².